The zero-order valence-corrected chi connectivity index (χ0v) is 15.1. The van der Waals surface area contributed by atoms with Gasteiger partial charge in [-0.2, -0.15) is 0 Å². The summed E-state index contributed by atoms with van der Waals surface area (Å²) in [6, 6.07) is 4.51. The van der Waals surface area contributed by atoms with Gasteiger partial charge in [0.1, 0.15) is 11.9 Å². The highest BCUT2D eigenvalue weighted by molar-refractivity contribution is 5.85. The van der Waals surface area contributed by atoms with Crippen molar-refractivity contribution in [3.63, 3.8) is 0 Å². The summed E-state index contributed by atoms with van der Waals surface area (Å²) in [5, 5.41) is 3.30. The van der Waals surface area contributed by atoms with Crippen molar-refractivity contribution in [3.05, 3.63) is 47.8 Å². The number of benzene rings is 1. The van der Waals surface area contributed by atoms with Crippen LogP contribution in [0.25, 0.3) is 0 Å². The van der Waals surface area contributed by atoms with Gasteiger partial charge in [-0.25, -0.2) is 9.37 Å². The van der Waals surface area contributed by atoms with Gasteiger partial charge in [0, 0.05) is 39.1 Å². The summed E-state index contributed by atoms with van der Waals surface area (Å²) >= 11 is 0. The van der Waals surface area contributed by atoms with Gasteiger partial charge < -0.3 is 19.5 Å². The first kappa shape index (κ1) is 19.2. The van der Waals surface area contributed by atoms with Crippen molar-refractivity contribution in [2.75, 3.05) is 26.7 Å². The van der Waals surface area contributed by atoms with E-state index in [4.69, 9.17) is 4.74 Å². The summed E-state index contributed by atoms with van der Waals surface area (Å²) in [4.78, 5) is 18.9. The van der Waals surface area contributed by atoms with E-state index in [1.807, 2.05) is 22.7 Å². The molecule has 0 radical (unpaired) electrons. The lowest BCUT2D eigenvalue weighted by Gasteiger charge is -2.35. The third-order valence-corrected chi connectivity index (χ3v) is 4.29. The molecular weight excluding hydrogens is 347 g/mol. The molecule has 1 aliphatic heterocycles. The lowest BCUT2D eigenvalue weighted by Crippen LogP contribution is -2.49. The summed E-state index contributed by atoms with van der Waals surface area (Å²) in [6.45, 7) is 2.01. The number of carbonyl (C=O) groups is 1. The lowest BCUT2D eigenvalue weighted by molar-refractivity contribution is -0.134. The standard InChI is InChI=1S/C17H21FN4O2.ClH/c1-21-7-6-20-17(21)14-11-19-5-8-22(14)16(23)10-12-3-4-15(24-2)13(18)9-12;/h3-4,6-7,9,14,19H,5,8,10-11H2,1-2H3;1H. The molecule has 1 aliphatic rings. The minimum absolute atomic E-state index is 0. The second-order valence-corrected chi connectivity index (χ2v) is 5.85. The molecule has 1 saturated heterocycles. The Balaban J connectivity index is 0.00000225. The van der Waals surface area contributed by atoms with E-state index >= 15 is 0 Å². The second kappa shape index (κ2) is 8.31. The Morgan fingerprint density at radius 2 is 2.28 bits per heavy atom. The van der Waals surface area contributed by atoms with Crippen molar-refractivity contribution in [1.29, 1.82) is 0 Å². The summed E-state index contributed by atoms with van der Waals surface area (Å²) in [6.07, 6.45) is 3.75. The highest BCUT2D eigenvalue weighted by Crippen LogP contribution is 2.23. The van der Waals surface area contributed by atoms with Crippen molar-refractivity contribution in [2.45, 2.75) is 12.5 Å². The number of ether oxygens (including phenoxy) is 1. The molecule has 3 rings (SSSR count). The largest absolute Gasteiger partial charge is 0.494 e. The van der Waals surface area contributed by atoms with Crippen LogP contribution in [-0.2, 0) is 18.3 Å². The molecule has 136 valence electrons. The minimum atomic E-state index is -0.455. The van der Waals surface area contributed by atoms with E-state index in [1.54, 1.807) is 18.3 Å². The molecule has 25 heavy (non-hydrogen) atoms. The molecule has 1 unspecified atom stereocenters. The molecule has 1 aromatic carbocycles. The SMILES string of the molecule is COc1ccc(CC(=O)N2CCNCC2c2nccn2C)cc1F.Cl. The van der Waals surface area contributed by atoms with Gasteiger partial charge in [-0.05, 0) is 17.7 Å². The van der Waals surface area contributed by atoms with Crippen LogP contribution in [0, 0.1) is 5.82 Å². The number of carbonyl (C=O) groups excluding carboxylic acids is 1. The molecular formula is C17H22ClFN4O2. The number of nitrogens with zero attached hydrogens (tertiary/aromatic N) is 3. The molecule has 0 aliphatic carbocycles. The number of methoxy groups -OCH3 is 1. The van der Waals surface area contributed by atoms with E-state index in [0.717, 1.165) is 12.4 Å². The van der Waals surface area contributed by atoms with Gasteiger partial charge in [0.2, 0.25) is 5.91 Å². The van der Waals surface area contributed by atoms with Crippen LogP contribution >= 0.6 is 12.4 Å². The average Bonchev–Trinajstić information content (AvgIpc) is 3.01. The fourth-order valence-corrected chi connectivity index (χ4v) is 3.03. The van der Waals surface area contributed by atoms with Gasteiger partial charge in [-0.15, -0.1) is 12.4 Å². The van der Waals surface area contributed by atoms with Crippen LogP contribution in [0.5, 0.6) is 5.75 Å². The van der Waals surface area contributed by atoms with Gasteiger partial charge in [-0.3, -0.25) is 4.79 Å². The number of hydrogen-bond donors (Lipinski definition) is 1. The highest BCUT2D eigenvalue weighted by Gasteiger charge is 2.30. The number of piperazine rings is 1. The summed E-state index contributed by atoms with van der Waals surface area (Å²) in [7, 11) is 3.33. The Morgan fingerprint density at radius 1 is 1.48 bits per heavy atom. The van der Waals surface area contributed by atoms with Gasteiger partial charge in [-0.1, -0.05) is 6.07 Å². The number of nitrogens with one attached hydrogen (secondary N) is 1. The Bertz CT molecular complexity index is 737. The summed E-state index contributed by atoms with van der Waals surface area (Å²) < 4.78 is 20.7. The fraction of sp³-hybridized carbons (Fsp3) is 0.412. The van der Waals surface area contributed by atoms with E-state index in [0.29, 0.717) is 18.7 Å². The number of halogens is 2. The molecule has 1 N–H and O–H groups in total. The molecule has 6 nitrogen and oxygen atoms in total. The molecule has 2 heterocycles. The number of imidazole rings is 1. The molecule has 2 aromatic rings. The van der Waals surface area contributed by atoms with Gasteiger partial charge in [0.15, 0.2) is 11.6 Å². The Kier molecular flexibility index (Phi) is 6.39. The molecule has 0 bridgehead atoms. The number of rotatable bonds is 4. The predicted octanol–water partition coefficient (Wildman–Crippen LogP) is 1.71. The molecule has 0 saturated carbocycles. The van der Waals surface area contributed by atoms with Crippen molar-refractivity contribution in [2.24, 2.45) is 7.05 Å². The van der Waals surface area contributed by atoms with E-state index in [-0.39, 0.29) is 36.5 Å². The van der Waals surface area contributed by atoms with Crippen molar-refractivity contribution in [1.82, 2.24) is 19.8 Å². The van der Waals surface area contributed by atoms with Crippen LogP contribution < -0.4 is 10.1 Å². The Labute approximate surface area is 152 Å². The van der Waals surface area contributed by atoms with Crippen LogP contribution in [0.3, 0.4) is 0 Å². The first-order valence-corrected chi connectivity index (χ1v) is 7.90. The third-order valence-electron chi connectivity index (χ3n) is 4.29. The maximum atomic E-state index is 13.8. The first-order chi connectivity index (χ1) is 11.6. The Hall–Kier alpha value is -2.12. The maximum absolute atomic E-state index is 13.8. The van der Waals surface area contributed by atoms with E-state index in [9.17, 15) is 9.18 Å². The fourth-order valence-electron chi connectivity index (χ4n) is 3.03. The lowest BCUT2D eigenvalue weighted by atomic mass is 10.1. The van der Waals surface area contributed by atoms with E-state index < -0.39 is 5.82 Å². The van der Waals surface area contributed by atoms with E-state index in [2.05, 4.69) is 10.3 Å². The quantitative estimate of drug-likeness (QED) is 0.892. The van der Waals surface area contributed by atoms with Gasteiger partial charge in [0.25, 0.3) is 0 Å². The first-order valence-electron chi connectivity index (χ1n) is 7.90. The zero-order valence-electron chi connectivity index (χ0n) is 14.2. The highest BCUT2D eigenvalue weighted by atomic mass is 35.5. The number of aryl methyl sites for hydroxylation is 1. The Morgan fingerprint density at radius 3 is 2.92 bits per heavy atom. The normalized spacial score (nSPS) is 17.1. The van der Waals surface area contributed by atoms with Crippen LogP contribution in [-0.4, -0.2) is 47.1 Å². The molecule has 1 fully saturated rings. The van der Waals surface area contributed by atoms with E-state index in [1.165, 1.54) is 13.2 Å². The minimum Gasteiger partial charge on any atom is -0.494 e. The number of hydrogen-bond acceptors (Lipinski definition) is 4. The van der Waals surface area contributed by atoms with Crippen molar-refractivity contribution in [3.8, 4) is 5.75 Å². The number of aromatic nitrogens is 2. The van der Waals surface area contributed by atoms with Crippen LogP contribution in [0.4, 0.5) is 4.39 Å². The average molecular weight is 369 g/mol. The van der Waals surface area contributed by atoms with Gasteiger partial charge in [0.05, 0.1) is 13.5 Å². The maximum Gasteiger partial charge on any atom is 0.227 e. The molecule has 1 amide bonds. The van der Waals surface area contributed by atoms with Crippen molar-refractivity contribution >= 4 is 18.3 Å². The van der Waals surface area contributed by atoms with Crippen LogP contribution in [0.1, 0.15) is 17.4 Å². The summed E-state index contributed by atoms with van der Waals surface area (Å²) in [5.41, 5.74) is 0.635. The molecule has 1 atom stereocenters. The summed E-state index contributed by atoms with van der Waals surface area (Å²) in [5.74, 6) is 0.536. The third kappa shape index (κ3) is 4.11. The van der Waals surface area contributed by atoms with Crippen LogP contribution in [0.2, 0.25) is 0 Å². The molecule has 0 spiro atoms. The van der Waals surface area contributed by atoms with Crippen molar-refractivity contribution < 1.29 is 13.9 Å². The molecule has 8 heteroatoms. The predicted molar refractivity (Wildman–Crippen MR) is 94.4 cm³/mol. The smallest absolute Gasteiger partial charge is 0.227 e. The van der Waals surface area contributed by atoms with Gasteiger partial charge >= 0.3 is 0 Å². The monoisotopic (exact) mass is 368 g/mol. The van der Waals surface area contributed by atoms with Crippen LogP contribution in [0.15, 0.2) is 30.6 Å². The topological polar surface area (TPSA) is 59.4 Å². The molecule has 1 aromatic heterocycles. The zero-order chi connectivity index (χ0) is 17.1. The number of amides is 1. The second-order valence-electron chi connectivity index (χ2n) is 5.85.